The van der Waals surface area contributed by atoms with E-state index >= 15 is 0 Å². The van der Waals surface area contributed by atoms with Crippen molar-refractivity contribution in [3.05, 3.63) is 64.5 Å². The third-order valence-electron chi connectivity index (χ3n) is 8.26. The molecule has 0 unspecified atom stereocenters. The minimum Gasteiger partial charge on any atom is -0.399 e. The average molecular weight is 766 g/mol. The highest BCUT2D eigenvalue weighted by Crippen LogP contribution is 2.39. The third-order valence-corrected chi connectivity index (χ3v) is 11.7. The van der Waals surface area contributed by atoms with Crippen molar-refractivity contribution < 1.29 is 18.4 Å². The van der Waals surface area contributed by atoms with Crippen LogP contribution in [0.25, 0.3) is 11.3 Å². The molecule has 2 aromatic carbocycles. The van der Waals surface area contributed by atoms with E-state index in [-0.39, 0.29) is 26.1 Å². The summed E-state index contributed by atoms with van der Waals surface area (Å²) in [6.45, 7) is 18.9. The largest absolute Gasteiger partial charge is 0.494 e. The van der Waals surface area contributed by atoms with Crippen LogP contribution in [0.15, 0.2) is 53.1 Å². The van der Waals surface area contributed by atoms with Crippen LogP contribution in [0.2, 0.25) is 0 Å². The van der Waals surface area contributed by atoms with E-state index in [4.69, 9.17) is 20.8 Å². The summed E-state index contributed by atoms with van der Waals surface area (Å²) in [5.41, 5.74) is 17.1. The van der Waals surface area contributed by atoms with E-state index in [0.29, 0.717) is 16.7 Å². The van der Waals surface area contributed by atoms with Crippen molar-refractivity contribution >= 4 is 64.8 Å². The van der Waals surface area contributed by atoms with Crippen molar-refractivity contribution in [1.82, 2.24) is 19.6 Å². The summed E-state index contributed by atoms with van der Waals surface area (Å²) in [6, 6.07) is 15.1. The molecule has 1 saturated heterocycles. The Hall–Kier alpha value is -2.62. The highest BCUT2D eigenvalue weighted by atomic mass is 79.9. The van der Waals surface area contributed by atoms with Crippen LogP contribution >= 0.6 is 30.2 Å². The maximum absolute atomic E-state index is 12.3. The Morgan fingerprint density at radius 2 is 1.17 bits per heavy atom. The van der Waals surface area contributed by atoms with E-state index in [0.717, 1.165) is 38.0 Å². The molecule has 0 atom stereocenters. The molecule has 10 nitrogen and oxygen atoms in total. The van der Waals surface area contributed by atoms with Gasteiger partial charge in [-0.1, -0.05) is 27.0 Å². The predicted octanol–water partition coefficient (Wildman–Crippen LogP) is 6.80. The molecule has 48 heavy (non-hydrogen) atoms. The third kappa shape index (κ3) is 10.4. The molecule has 1 aliphatic heterocycles. The quantitative estimate of drug-likeness (QED) is 0.131. The number of nitrogens with two attached hydrogens (primary N) is 2. The van der Waals surface area contributed by atoms with Crippen molar-refractivity contribution in [3.63, 3.8) is 0 Å². The molecule has 0 amide bonds. The summed E-state index contributed by atoms with van der Waals surface area (Å²) in [5.74, 6) is 0. The van der Waals surface area contributed by atoms with E-state index in [2.05, 4.69) is 26.1 Å². The zero-order chi connectivity index (χ0) is 35.0. The first-order valence-corrected chi connectivity index (χ1v) is 20.9. The van der Waals surface area contributed by atoms with Gasteiger partial charge < -0.3 is 29.9 Å². The highest BCUT2D eigenvalue weighted by Gasteiger charge is 2.51. The fourth-order valence-corrected chi connectivity index (χ4v) is 7.41. The lowest BCUT2D eigenvalue weighted by atomic mass is 9.79. The Morgan fingerprint density at radius 3 is 1.54 bits per heavy atom. The maximum Gasteiger partial charge on any atom is 0.494 e. The fourth-order valence-electron chi connectivity index (χ4n) is 4.54. The van der Waals surface area contributed by atoms with Gasteiger partial charge in [-0.3, -0.25) is 9.36 Å². The molecule has 1 fully saturated rings. The van der Waals surface area contributed by atoms with Gasteiger partial charge >= 0.3 is 7.12 Å². The molecular weight excluding hydrogens is 709 g/mol. The van der Waals surface area contributed by atoms with Gasteiger partial charge in [0.25, 0.3) is 0 Å². The number of nitrogens with zero attached hydrogens (tertiary/aromatic N) is 4. The summed E-state index contributed by atoms with van der Waals surface area (Å²) >= 11 is 3.25. The zero-order valence-corrected chi connectivity index (χ0v) is 32.4. The van der Waals surface area contributed by atoms with Gasteiger partial charge in [0.15, 0.2) is 0 Å². The van der Waals surface area contributed by atoms with Crippen molar-refractivity contribution in [2.75, 3.05) is 38.1 Å². The fraction of sp³-hybridized carbons (Fsp3) is 0.471. The average Bonchev–Trinajstić information content (AvgIpc) is 3.48. The molecule has 0 aliphatic carbocycles. The van der Waals surface area contributed by atoms with Gasteiger partial charge in [0.1, 0.15) is 18.9 Å². The van der Waals surface area contributed by atoms with Gasteiger partial charge in [-0.05, 0) is 126 Å². The van der Waals surface area contributed by atoms with Crippen LogP contribution in [0.4, 0.5) is 11.4 Å². The first kappa shape index (κ1) is 43.4. The minimum atomic E-state index is -2.42. The number of anilines is 2. The molecule has 3 heterocycles. The van der Waals surface area contributed by atoms with Crippen LogP contribution in [0.3, 0.4) is 0 Å². The summed E-state index contributed by atoms with van der Waals surface area (Å²) in [6.07, 6.45) is 0. The van der Waals surface area contributed by atoms with Crippen molar-refractivity contribution in [3.8, 4) is 11.3 Å². The van der Waals surface area contributed by atoms with Gasteiger partial charge in [0, 0.05) is 53.0 Å². The van der Waals surface area contributed by atoms with Crippen LogP contribution < -0.4 is 27.5 Å². The van der Waals surface area contributed by atoms with Crippen LogP contribution in [0, 0.1) is 13.8 Å². The SMILES string of the molecule is C.C.CC1(C)OB(c2ccc(N)c(P(C)(C)=O)c2)OC1(C)C.Cc1cc(-c2ccc(N)c(P(C)(C)=O)c2)nn1C.Cc1cc(Br)nn1C. The van der Waals surface area contributed by atoms with Crippen LogP contribution in [0.5, 0.6) is 0 Å². The number of aromatic nitrogens is 4. The number of benzene rings is 2. The van der Waals surface area contributed by atoms with Crippen LogP contribution in [0.1, 0.15) is 53.9 Å². The monoisotopic (exact) mass is 764 g/mol. The smallest absolute Gasteiger partial charge is 0.399 e. The molecule has 1 aliphatic rings. The molecule has 2 aromatic heterocycles. The lowest BCUT2D eigenvalue weighted by molar-refractivity contribution is 0.00578. The van der Waals surface area contributed by atoms with E-state index in [1.54, 1.807) is 38.8 Å². The second-order valence-corrected chi connectivity index (χ2v) is 20.6. The second-order valence-electron chi connectivity index (χ2n) is 13.4. The Kier molecular flexibility index (Phi) is 14.4. The van der Waals surface area contributed by atoms with E-state index in [9.17, 15) is 9.13 Å². The molecule has 0 bridgehead atoms. The Bertz CT molecular complexity index is 1750. The van der Waals surface area contributed by atoms with Crippen molar-refractivity contribution in [1.29, 1.82) is 0 Å². The standard InChI is InChI=1S/C14H23BNO3P.C13H18N3OP.C5H7BrN2.2CH4/c1-13(2)14(3,4)19-15(18-13)10-7-8-11(16)12(9-10)20(5,6)17;1-9-7-12(15-16(9)2)10-5-6-11(14)13(8-10)18(3,4)17;1-4-3-5(6)7-8(4)2;;/h7-9H,16H2,1-6H3;5-8H,14H2,1-4H3;3H,1-2H3;2*1H4. The summed E-state index contributed by atoms with van der Waals surface area (Å²) in [5, 5.41) is 9.87. The van der Waals surface area contributed by atoms with Crippen molar-refractivity contribution in [2.45, 2.75) is 67.6 Å². The number of hydrogen-bond acceptors (Lipinski definition) is 8. The molecule has 0 saturated carbocycles. The lowest BCUT2D eigenvalue weighted by Crippen LogP contribution is -2.41. The van der Waals surface area contributed by atoms with E-state index < -0.39 is 21.4 Å². The summed E-state index contributed by atoms with van der Waals surface area (Å²) in [7, 11) is -1.42. The van der Waals surface area contributed by atoms with Gasteiger partial charge in [0.05, 0.1) is 16.9 Å². The molecule has 14 heteroatoms. The van der Waals surface area contributed by atoms with Crippen molar-refractivity contribution in [2.24, 2.45) is 14.1 Å². The maximum atomic E-state index is 12.3. The van der Waals surface area contributed by atoms with Gasteiger partial charge in [0.2, 0.25) is 0 Å². The number of rotatable bonds is 4. The Balaban J connectivity index is 0.000000380. The van der Waals surface area contributed by atoms with Crippen LogP contribution in [-0.2, 0) is 32.5 Å². The molecular formula is C34H56BBrN6O4P2. The summed E-state index contributed by atoms with van der Waals surface area (Å²) < 4.78 is 41.0. The number of halogens is 1. The minimum absolute atomic E-state index is 0. The van der Waals surface area contributed by atoms with Gasteiger partial charge in [-0.25, -0.2) is 0 Å². The highest BCUT2D eigenvalue weighted by molar-refractivity contribution is 9.10. The second kappa shape index (κ2) is 15.9. The van der Waals surface area contributed by atoms with Crippen LogP contribution in [-0.4, -0.2) is 64.5 Å². The first-order chi connectivity index (χ1) is 20.9. The number of nitrogen functional groups attached to an aromatic ring is 2. The topological polar surface area (TPSA) is 140 Å². The summed E-state index contributed by atoms with van der Waals surface area (Å²) in [4.78, 5) is 0. The van der Waals surface area contributed by atoms with E-state index in [1.807, 2.05) is 101 Å². The molecule has 5 rings (SSSR count). The number of hydrogen-bond donors (Lipinski definition) is 2. The molecule has 4 N–H and O–H groups in total. The lowest BCUT2D eigenvalue weighted by Gasteiger charge is -2.32. The molecule has 0 radical (unpaired) electrons. The Morgan fingerprint density at radius 1 is 0.729 bits per heavy atom. The predicted molar refractivity (Wildman–Crippen MR) is 212 cm³/mol. The number of aryl methyl sites for hydroxylation is 4. The Labute approximate surface area is 297 Å². The van der Waals surface area contributed by atoms with E-state index in [1.165, 1.54) is 0 Å². The normalized spacial score (nSPS) is 14.9. The first-order valence-electron chi connectivity index (χ1n) is 14.9. The zero-order valence-electron chi connectivity index (χ0n) is 29.0. The molecule has 4 aromatic rings. The van der Waals surface area contributed by atoms with Gasteiger partial charge in [-0.2, -0.15) is 10.2 Å². The molecule has 0 spiro atoms. The molecule has 266 valence electrons. The van der Waals surface area contributed by atoms with Gasteiger partial charge in [-0.15, -0.1) is 0 Å².